The van der Waals surface area contributed by atoms with Crippen LogP contribution in [-0.2, 0) is 19.1 Å². The predicted octanol–water partition coefficient (Wildman–Crippen LogP) is 3.17. The third-order valence-corrected chi connectivity index (χ3v) is 7.20. The molecule has 27 heavy (non-hydrogen) atoms. The number of aliphatic hydroxyl groups excluding tert-OH is 1. The fourth-order valence-corrected chi connectivity index (χ4v) is 6.04. The van der Waals surface area contributed by atoms with Crippen molar-refractivity contribution in [2.24, 2.45) is 22.7 Å². The molecule has 3 aliphatic rings. The summed E-state index contributed by atoms with van der Waals surface area (Å²) < 4.78 is 15.9. The number of carbonyl (C=O) groups excluding carboxylic acids is 2. The van der Waals surface area contributed by atoms with Crippen molar-refractivity contribution in [1.82, 2.24) is 0 Å². The second-order valence-corrected chi connectivity index (χ2v) is 8.59. The molecule has 1 saturated carbocycles. The third-order valence-electron chi connectivity index (χ3n) is 7.20. The Kier molecular flexibility index (Phi) is 4.22. The number of hydrogen-bond donors (Lipinski definition) is 1. The highest BCUT2D eigenvalue weighted by molar-refractivity contribution is 5.90. The van der Waals surface area contributed by atoms with Gasteiger partial charge in [0.2, 0.25) is 0 Å². The van der Waals surface area contributed by atoms with Gasteiger partial charge in [-0.2, -0.15) is 0 Å². The van der Waals surface area contributed by atoms with Gasteiger partial charge in [-0.15, -0.1) is 0 Å². The minimum absolute atomic E-state index is 0.224. The summed E-state index contributed by atoms with van der Waals surface area (Å²) >= 11 is 0. The van der Waals surface area contributed by atoms with Crippen molar-refractivity contribution in [3.63, 3.8) is 0 Å². The van der Waals surface area contributed by atoms with Crippen LogP contribution >= 0.6 is 0 Å². The Hall–Kier alpha value is -2.08. The molecule has 1 aromatic rings. The molecule has 2 heterocycles. The number of fused-ring (bicyclic) bond motifs is 3. The van der Waals surface area contributed by atoms with E-state index < -0.39 is 23.0 Å². The van der Waals surface area contributed by atoms with Crippen molar-refractivity contribution in [2.45, 2.75) is 51.7 Å². The number of rotatable bonds is 2. The van der Waals surface area contributed by atoms with E-state index in [1.54, 1.807) is 18.6 Å². The quantitative estimate of drug-likeness (QED) is 0.800. The summed E-state index contributed by atoms with van der Waals surface area (Å²) in [5.74, 6) is -1.09. The van der Waals surface area contributed by atoms with E-state index in [-0.39, 0.29) is 23.8 Å². The minimum Gasteiger partial charge on any atom is -0.472 e. The lowest BCUT2D eigenvalue weighted by molar-refractivity contribution is -0.200. The molecular formula is C21H26O6. The van der Waals surface area contributed by atoms with E-state index in [9.17, 15) is 14.7 Å². The molecule has 1 N–H and O–H groups in total. The van der Waals surface area contributed by atoms with Gasteiger partial charge in [0.15, 0.2) is 0 Å². The molecule has 1 aliphatic heterocycles. The van der Waals surface area contributed by atoms with E-state index in [4.69, 9.17) is 13.9 Å². The van der Waals surface area contributed by atoms with Crippen molar-refractivity contribution in [3.05, 3.63) is 35.8 Å². The first-order chi connectivity index (χ1) is 12.8. The van der Waals surface area contributed by atoms with Gasteiger partial charge < -0.3 is 19.0 Å². The number of ether oxygens (including phenoxy) is 2. The SMILES string of the molecule is COC(=O)C1=CC[C@H](O)C2[C@@]1(C)CC[C@H]1C(=O)O[C@H](c3ccoc3)C[C@]21C. The first kappa shape index (κ1) is 18.3. The van der Waals surface area contributed by atoms with Gasteiger partial charge in [0.05, 0.1) is 31.7 Å². The average molecular weight is 374 g/mol. The molecular weight excluding hydrogens is 348 g/mol. The van der Waals surface area contributed by atoms with Crippen LogP contribution in [0.5, 0.6) is 0 Å². The van der Waals surface area contributed by atoms with Gasteiger partial charge in [0, 0.05) is 22.5 Å². The summed E-state index contributed by atoms with van der Waals surface area (Å²) in [5.41, 5.74) is 0.425. The fourth-order valence-electron chi connectivity index (χ4n) is 6.04. The Labute approximate surface area is 158 Å². The van der Waals surface area contributed by atoms with Crippen LogP contribution in [0.15, 0.2) is 34.7 Å². The lowest BCUT2D eigenvalue weighted by Gasteiger charge is -2.60. The van der Waals surface area contributed by atoms with E-state index in [1.165, 1.54) is 7.11 Å². The average Bonchev–Trinajstić information content (AvgIpc) is 3.14. The first-order valence-electron chi connectivity index (χ1n) is 9.51. The third kappa shape index (κ3) is 2.57. The molecule has 0 radical (unpaired) electrons. The lowest BCUT2D eigenvalue weighted by atomic mass is 9.45. The van der Waals surface area contributed by atoms with Gasteiger partial charge in [-0.25, -0.2) is 4.79 Å². The van der Waals surface area contributed by atoms with Crippen LogP contribution in [0.3, 0.4) is 0 Å². The van der Waals surface area contributed by atoms with Gasteiger partial charge in [-0.05, 0) is 37.2 Å². The Balaban J connectivity index is 1.77. The van der Waals surface area contributed by atoms with Crippen LogP contribution in [-0.4, -0.2) is 30.3 Å². The monoisotopic (exact) mass is 374 g/mol. The van der Waals surface area contributed by atoms with Gasteiger partial charge in [0.25, 0.3) is 0 Å². The molecule has 6 atom stereocenters. The molecule has 1 aromatic heterocycles. The van der Waals surface area contributed by atoms with Crippen molar-refractivity contribution < 1.29 is 28.6 Å². The Morgan fingerprint density at radius 3 is 2.81 bits per heavy atom. The second kappa shape index (κ2) is 6.23. The van der Waals surface area contributed by atoms with E-state index in [0.29, 0.717) is 31.3 Å². The number of cyclic esters (lactones) is 1. The molecule has 1 unspecified atom stereocenters. The topological polar surface area (TPSA) is 86.0 Å². The predicted molar refractivity (Wildman–Crippen MR) is 95.3 cm³/mol. The molecule has 0 aromatic carbocycles. The zero-order valence-corrected chi connectivity index (χ0v) is 15.9. The van der Waals surface area contributed by atoms with Crippen LogP contribution in [0, 0.1) is 22.7 Å². The normalized spacial score (nSPS) is 41.0. The number of aliphatic hydroxyl groups is 1. The molecule has 6 nitrogen and oxygen atoms in total. The van der Waals surface area contributed by atoms with E-state index in [2.05, 4.69) is 6.92 Å². The highest BCUT2D eigenvalue weighted by Crippen LogP contribution is 2.64. The first-order valence-corrected chi connectivity index (χ1v) is 9.51. The maximum atomic E-state index is 12.9. The number of furan rings is 1. The number of methoxy groups -OCH3 is 1. The van der Waals surface area contributed by atoms with Crippen LogP contribution in [0.1, 0.15) is 51.2 Å². The maximum Gasteiger partial charge on any atom is 0.333 e. The molecule has 0 amide bonds. The molecule has 0 spiro atoms. The molecule has 2 fully saturated rings. The van der Waals surface area contributed by atoms with E-state index in [0.717, 1.165) is 5.56 Å². The molecule has 4 rings (SSSR count). The Morgan fingerprint density at radius 2 is 2.15 bits per heavy atom. The van der Waals surface area contributed by atoms with Gasteiger partial charge >= 0.3 is 11.9 Å². The summed E-state index contributed by atoms with van der Waals surface area (Å²) in [6.45, 7) is 4.09. The summed E-state index contributed by atoms with van der Waals surface area (Å²) in [6, 6.07) is 1.81. The standard InChI is InChI=1S/C21H26O6/c1-20-8-6-14-19(24)27-16(12-7-9-26-11-12)10-21(14,2)17(20)15(22)5-4-13(20)18(23)25-3/h4,7,9,11,14-17,22H,5-6,8,10H2,1-3H3/t14-,15-,16-,17?,20-,21-/m0/s1. The molecule has 1 saturated heterocycles. The van der Waals surface area contributed by atoms with Crippen LogP contribution in [0.4, 0.5) is 0 Å². The molecule has 2 aliphatic carbocycles. The van der Waals surface area contributed by atoms with Gasteiger partial charge in [0.1, 0.15) is 6.10 Å². The minimum atomic E-state index is -0.618. The van der Waals surface area contributed by atoms with Crippen molar-refractivity contribution in [3.8, 4) is 0 Å². The number of hydrogen-bond acceptors (Lipinski definition) is 6. The van der Waals surface area contributed by atoms with E-state index >= 15 is 0 Å². The van der Waals surface area contributed by atoms with Crippen molar-refractivity contribution in [2.75, 3.05) is 7.11 Å². The molecule has 6 heteroatoms. The number of carbonyl (C=O) groups is 2. The van der Waals surface area contributed by atoms with Crippen LogP contribution < -0.4 is 0 Å². The van der Waals surface area contributed by atoms with Crippen molar-refractivity contribution >= 4 is 11.9 Å². The smallest absolute Gasteiger partial charge is 0.333 e. The maximum absolute atomic E-state index is 12.9. The summed E-state index contributed by atoms with van der Waals surface area (Å²) in [7, 11) is 1.38. The zero-order valence-electron chi connectivity index (χ0n) is 15.9. The van der Waals surface area contributed by atoms with Gasteiger partial charge in [-0.3, -0.25) is 4.79 Å². The highest BCUT2D eigenvalue weighted by Gasteiger charge is 2.63. The van der Waals surface area contributed by atoms with Crippen molar-refractivity contribution in [1.29, 1.82) is 0 Å². The number of esters is 2. The summed E-state index contributed by atoms with van der Waals surface area (Å²) in [5, 5.41) is 11.0. The second-order valence-electron chi connectivity index (χ2n) is 8.59. The zero-order chi connectivity index (χ0) is 19.4. The summed E-state index contributed by atoms with van der Waals surface area (Å²) in [4.78, 5) is 25.3. The summed E-state index contributed by atoms with van der Waals surface area (Å²) in [6.07, 6.45) is 6.20. The fraction of sp³-hybridized carbons (Fsp3) is 0.619. The van der Waals surface area contributed by atoms with E-state index in [1.807, 2.05) is 13.0 Å². The highest BCUT2D eigenvalue weighted by atomic mass is 16.5. The van der Waals surface area contributed by atoms with Crippen LogP contribution in [0.25, 0.3) is 0 Å². The Morgan fingerprint density at radius 1 is 1.37 bits per heavy atom. The lowest BCUT2D eigenvalue weighted by Crippen LogP contribution is -2.60. The largest absolute Gasteiger partial charge is 0.472 e. The van der Waals surface area contributed by atoms with Crippen LogP contribution in [0.2, 0.25) is 0 Å². The molecule has 0 bridgehead atoms. The molecule has 146 valence electrons. The van der Waals surface area contributed by atoms with Gasteiger partial charge in [-0.1, -0.05) is 19.9 Å². The Bertz CT molecular complexity index is 781.